The average molecular weight is 274 g/mol. The summed E-state index contributed by atoms with van der Waals surface area (Å²) < 4.78 is 28.8. The molecule has 0 fully saturated rings. The third-order valence-electron chi connectivity index (χ3n) is 3.58. The number of halogens is 2. The summed E-state index contributed by atoms with van der Waals surface area (Å²) in [4.78, 5) is 11.7. The van der Waals surface area contributed by atoms with Crippen LogP contribution in [-0.4, -0.2) is 17.0 Å². The number of hydrogen-bond acceptors (Lipinski definition) is 2. The number of hydrogen-bond donors (Lipinski definition) is 1. The Morgan fingerprint density at radius 3 is 2.45 bits per heavy atom. The van der Waals surface area contributed by atoms with Crippen LogP contribution in [0.25, 0.3) is 11.1 Å². The van der Waals surface area contributed by atoms with Crippen molar-refractivity contribution in [1.82, 2.24) is 0 Å². The number of aliphatic hydroxyl groups is 1. The highest BCUT2D eigenvalue weighted by atomic mass is 19.3. The summed E-state index contributed by atoms with van der Waals surface area (Å²) in [5.41, 5.74) is 0.810. The van der Waals surface area contributed by atoms with Gasteiger partial charge in [-0.1, -0.05) is 36.4 Å². The summed E-state index contributed by atoms with van der Waals surface area (Å²) in [6.07, 6.45) is -1.20. The van der Waals surface area contributed by atoms with E-state index in [0.29, 0.717) is 11.1 Å². The van der Waals surface area contributed by atoms with E-state index in [2.05, 4.69) is 0 Å². The molecular weight excluding hydrogens is 262 g/mol. The first kappa shape index (κ1) is 12.9. The van der Waals surface area contributed by atoms with Gasteiger partial charge in [0.25, 0.3) is 5.92 Å². The lowest BCUT2D eigenvalue weighted by Gasteiger charge is -2.13. The normalized spacial score (nSPS) is 16.4. The first-order valence-electron chi connectivity index (χ1n) is 6.27. The molecule has 2 aromatic rings. The highest BCUT2D eigenvalue weighted by Gasteiger charge is 2.44. The monoisotopic (exact) mass is 274 g/mol. The second-order valence-electron chi connectivity index (χ2n) is 4.92. The van der Waals surface area contributed by atoms with Crippen molar-refractivity contribution in [2.45, 2.75) is 19.0 Å². The third-order valence-corrected chi connectivity index (χ3v) is 3.58. The van der Waals surface area contributed by atoms with E-state index in [9.17, 15) is 18.7 Å². The van der Waals surface area contributed by atoms with Crippen LogP contribution in [0, 0.1) is 0 Å². The van der Waals surface area contributed by atoms with Gasteiger partial charge in [-0.25, -0.2) is 0 Å². The molecule has 1 aliphatic carbocycles. The van der Waals surface area contributed by atoms with Gasteiger partial charge in [0.2, 0.25) is 0 Å². The standard InChI is InChI=1S/C16H12F2O2/c1-9(19)15(20)10-6-7-12-11-4-2-3-5-13(11)16(17,18)14(12)8-10/h2-9,19H,1H3/t9-/m0/s1. The van der Waals surface area contributed by atoms with Crippen molar-refractivity contribution in [2.24, 2.45) is 0 Å². The highest BCUT2D eigenvalue weighted by molar-refractivity contribution is 6.00. The molecule has 2 nitrogen and oxygen atoms in total. The molecule has 1 N–H and O–H groups in total. The number of carbonyl (C=O) groups is 1. The lowest BCUT2D eigenvalue weighted by Crippen LogP contribution is -2.17. The van der Waals surface area contributed by atoms with Crippen molar-refractivity contribution >= 4 is 5.78 Å². The maximum Gasteiger partial charge on any atom is 0.299 e. The minimum Gasteiger partial charge on any atom is -0.385 e. The van der Waals surface area contributed by atoms with Crippen molar-refractivity contribution in [3.63, 3.8) is 0 Å². The SMILES string of the molecule is C[C@H](O)C(=O)c1ccc2c(c1)C(F)(F)c1ccccc1-2. The van der Waals surface area contributed by atoms with Crippen molar-refractivity contribution in [1.29, 1.82) is 0 Å². The molecule has 0 radical (unpaired) electrons. The first-order chi connectivity index (χ1) is 9.43. The number of fused-ring (bicyclic) bond motifs is 3. The number of carbonyl (C=O) groups excluding carboxylic acids is 1. The van der Waals surface area contributed by atoms with Gasteiger partial charge in [0.1, 0.15) is 6.10 Å². The van der Waals surface area contributed by atoms with Crippen molar-refractivity contribution in [3.8, 4) is 11.1 Å². The fourth-order valence-electron chi connectivity index (χ4n) is 2.57. The van der Waals surface area contributed by atoms with Crippen molar-refractivity contribution in [2.75, 3.05) is 0 Å². The predicted octanol–water partition coefficient (Wildman–Crippen LogP) is 3.37. The van der Waals surface area contributed by atoms with Gasteiger partial charge in [-0.2, -0.15) is 8.78 Å². The average Bonchev–Trinajstić information content (AvgIpc) is 2.67. The molecule has 0 bridgehead atoms. The van der Waals surface area contributed by atoms with Crippen LogP contribution in [0.2, 0.25) is 0 Å². The first-order valence-corrected chi connectivity index (χ1v) is 6.27. The van der Waals surface area contributed by atoms with E-state index < -0.39 is 17.8 Å². The molecule has 0 aliphatic heterocycles. The number of ketones is 1. The maximum absolute atomic E-state index is 14.4. The minimum absolute atomic E-state index is 0.0448. The lowest BCUT2D eigenvalue weighted by molar-refractivity contribution is 0.0479. The van der Waals surface area contributed by atoms with E-state index in [1.165, 1.54) is 31.2 Å². The summed E-state index contributed by atoms with van der Waals surface area (Å²) in [6, 6.07) is 10.5. The van der Waals surface area contributed by atoms with Crippen molar-refractivity contribution < 1.29 is 18.7 Å². The fraction of sp³-hybridized carbons (Fsp3) is 0.188. The summed E-state index contributed by atoms with van der Waals surface area (Å²) in [5.74, 6) is -3.67. The van der Waals surface area contributed by atoms with Gasteiger partial charge < -0.3 is 5.11 Å². The molecule has 0 unspecified atom stereocenters. The van der Waals surface area contributed by atoms with Gasteiger partial charge in [-0.05, 0) is 24.1 Å². The van der Waals surface area contributed by atoms with Gasteiger partial charge in [-0.3, -0.25) is 4.79 Å². The lowest BCUT2D eigenvalue weighted by atomic mass is 9.99. The quantitative estimate of drug-likeness (QED) is 0.852. The van der Waals surface area contributed by atoms with Crippen LogP contribution in [0.4, 0.5) is 8.78 Å². The number of aliphatic hydroxyl groups excluding tert-OH is 1. The molecule has 102 valence electrons. The van der Waals surface area contributed by atoms with Crippen LogP contribution >= 0.6 is 0 Å². The van der Waals surface area contributed by atoms with Gasteiger partial charge in [0.05, 0.1) is 0 Å². The Morgan fingerprint density at radius 1 is 1.10 bits per heavy atom. The zero-order valence-corrected chi connectivity index (χ0v) is 10.7. The molecule has 0 amide bonds. The molecule has 0 spiro atoms. The Bertz CT molecular complexity index is 705. The summed E-state index contributed by atoms with van der Waals surface area (Å²) >= 11 is 0. The Morgan fingerprint density at radius 2 is 1.75 bits per heavy atom. The number of alkyl halides is 2. The minimum atomic E-state index is -3.11. The molecule has 1 atom stereocenters. The zero-order valence-electron chi connectivity index (χ0n) is 10.7. The van der Waals surface area contributed by atoms with Gasteiger partial charge in [-0.15, -0.1) is 0 Å². The Balaban J connectivity index is 2.20. The van der Waals surface area contributed by atoms with E-state index in [0.717, 1.165) is 0 Å². The van der Waals surface area contributed by atoms with Crippen LogP contribution in [0.3, 0.4) is 0 Å². The number of Topliss-reactive ketones (excluding diaryl/α,β-unsaturated/α-hetero) is 1. The maximum atomic E-state index is 14.4. The van der Waals surface area contributed by atoms with Crippen molar-refractivity contribution in [3.05, 3.63) is 59.2 Å². The van der Waals surface area contributed by atoms with Crippen LogP contribution in [-0.2, 0) is 5.92 Å². The molecule has 1 aliphatic rings. The van der Waals surface area contributed by atoms with Gasteiger partial charge >= 0.3 is 0 Å². The zero-order chi connectivity index (χ0) is 14.5. The van der Waals surface area contributed by atoms with Gasteiger partial charge in [0, 0.05) is 16.7 Å². The second-order valence-corrected chi connectivity index (χ2v) is 4.92. The molecule has 0 aromatic heterocycles. The summed E-state index contributed by atoms with van der Waals surface area (Å²) in [5, 5.41) is 9.29. The van der Waals surface area contributed by atoms with Crippen LogP contribution in [0.1, 0.15) is 28.4 Å². The molecule has 0 heterocycles. The molecule has 0 saturated heterocycles. The highest BCUT2D eigenvalue weighted by Crippen LogP contribution is 2.50. The summed E-state index contributed by atoms with van der Waals surface area (Å²) in [6.45, 7) is 1.32. The largest absolute Gasteiger partial charge is 0.385 e. The van der Waals surface area contributed by atoms with Crippen LogP contribution < -0.4 is 0 Å². The Kier molecular flexibility index (Phi) is 2.73. The molecule has 3 rings (SSSR count). The van der Waals surface area contributed by atoms with E-state index in [1.54, 1.807) is 18.2 Å². The Labute approximate surface area is 114 Å². The summed E-state index contributed by atoms with van der Waals surface area (Å²) in [7, 11) is 0. The fourth-order valence-corrected chi connectivity index (χ4v) is 2.57. The molecule has 2 aromatic carbocycles. The smallest absolute Gasteiger partial charge is 0.299 e. The number of rotatable bonds is 2. The van der Waals surface area contributed by atoms with E-state index >= 15 is 0 Å². The van der Waals surface area contributed by atoms with E-state index in [4.69, 9.17) is 0 Å². The van der Waals surface area contributed by atoms with Crippen LogP contribution in [0.5, 0.6) is 0 Å². The molecule has 4 heteroatoms. The predicted molar refractivity (Wildman–Crippen MR) is 70.9 cm³/mol. The molecule has 0 saturated carbocycles. The second kappa shape index (κ2) is 4.21. The van der Waals surface area contributed by atoms with E-state index in [1.807, 2.05) is 0 Å². The van der Waals surface area contributed by atoms with Gasteiger partial charge in [0.15, 0.2) is 5.78 Å². The Hall–Kier alpha value is -2.07. The van der Waals surface area contributed by atoms with Crippen LogP contribution in [0.15, 0.2) is 42.5 Å². The topological polar surface area (TPSA) is 37.3 Å². The third kappa shape index (κ3) is 1.68. The van der Waals surface area contributed by atoms with E-state index in [-0.39, 0.29) is 16.7 Å². The molecule has 20 heavy (non-hydrogen) atoms. The number of benzene rings is 2. The molecular formula is C16H12F2O2.